The van der Waals surface area contributed by atoms with Gasteiger partial charge in [-0.2, -0.15) is 15.4 Å². The van der Waals surface area contributed by atoms with E-state index in [1.54, 1.807) is 6.34 Å². The van der Waals surface area contributed by atoms with E-state index in [0.29, 0.717) is 0 Å². The summed E-state index contributed by atoms with van der Waals surface area (Å²) in [5, 5.41) is 13.6. The fourth-order valence-electron chi connectivity index (χ4n) is 1.72. The summed E-state index contributed by atoms with van der Waals surface area (Å²) in [5.41, 5.74) is 2.86. The molecule has 0 bridgehead atoms. The number of rotatable bonds is 0. The fourth-order valence-corrected chi connectivity index (χ4v) is 2.09. The van der Waals surface area contributed by atoms with Crippen molar-refractivity contribution >= 4 is 23.4 Å². The van der Waals surface area contributed by atoms with Gasteiger partial charge < -0.3 is 5.32 Å². The third kappa shape index (κ3) is 0.941. The molecule has 0 radical (unpaired) electrons. The third-order valence-electron chi connectivity index (χ3n) is 2.39. The molecule has 6 heteroatoms. The van der Waals surface area contributed by atoms with E-state index in [9.17, 15) is 0 Å². The zero-order chi connectivity index (χ0) is 9.54. The van der Waals surface area contributed by atoms with Crippen LogP contribution in [0.25, 0.3) is 0 Å². The molecule has 0 fully saturated rings. The number of aromatic nitrogens is 3. The standard InChI is InChI=1S/C8H7N5S/c14-8-6-4(2-9-3-10-6)1-5-7(8)12-13-11-5/h2-3,6H,1H2,(H,9,10)(H,11,12,13). The highest BCUT2D eigenvalue weighted by molar-refractivity contribution is 7.81. The Labute approximate surface area is 85.3 Å². The lowest BCUT2D eigenvalue weighted by Crippen LogP contribution is -2.32. The molecule has 1 aliphatic carbocycles. The van der Waals surface area contributed by atoms with Gasteiger partial charge in [0.05, 0.1) is 16.9 Å². The first kappa shape index (κ1) is 7.81. The van der Waals surface area contributed by atoms with Gasteiger partial charge in [0.2, 0.25) is 0 Å². The number of hydrogen-bond donors (Lipinski definition) is 2. The summed E-state index contributed by atoms with van der Waals surface area (Å²) in [6.07, 6.45) is 4.36. The maximum absolute atomic E-state index is 5.31. The van der Waals surface area contributed by atoms with Crippen molar-refractivity contribution in [1.82, 2.24) is 20.7 Å². The summed E-state index contributed by atoms with van der Waals surface area (Å²) in [6.45, 7) is 0. The van der Waals surface area contributed by atoms with Gasteiger partial charge in [-0.15, -0.1) is 0 Å². The highest BCUT2D eigenvalue weighted by atomic mass is 32.1. The van der Waals surface area contributed by atoms with Gasteiger partial charge in [0, 0.05) is 12.6 Å². The molecule has 2 N–H and O–H groups in total. The van der Waals surface area contributed by atoms with Gasteiger partial charge in [-0.1, -0.05) is 12.2 Å². The Bertz CT molecular complexity index is 458. The van der Waals surface area contributed by atoms with Crippen molar-refractivity contribution < 1.29 is 0 Å². The van der Waals surface area contributed by atoms with Crippen molar-refractivity contribution in [1.29, 1.82) is 0 Å². The number of fused-ring (bicyclic) bond motifs is 2. The number of aromatic amines is 1. The van der Waals surface area contributed by atoms with Crippen LogP contribution in [-0.4, -0.2) is 32.7 Å². The third-order valence-corrected chi connectivity index (χ3v) is 2.81. The Hall–Kier alpha value is -1.56. The van der Waals surface area contributed by atoms with Crippen molar-refractivity contribution in [2.45, 2.75) is 12.5 Å². The molecular formula is C8H7N5S. The molecule has 14 heavy (non-hydrogen) atoms. The number of thiocarbonyl (C=S) groups is 1. The quantitative estimate of drug-likeness (QED) is 0.583. The molecule has 0 amide bonds. The smallest absolute Gasteiger partial charge is 0.125 e. The zero-order valence-electron chi connectivity index (χ0n) is 7.19. The van der Waals surface area contributed by atoms with Crippen LogP contribution in [0.15, 0.2) is 16.8 Å². The van der Waals surface area contributed by atoms with Crippen LogP contribution >= 0.6 is 12.2 Å². The second-order valence-corrected chi connectivity index (χ2v) is 3.67. The maximum atomic E-state index is 5.31. The molecule has 0 aromatic carbocycles. The van der Waals surface area contributed by atoms with Crippen LogP contribution in [0, 0.1) is 0 Å². The van der Waals surface area contributed by atoms with Crippen LogP contribution in [0.5, 0.6) is 0 Å². The van der Waals surface area contributed by atoms with E-state index in [1.807, 2.05) is 6.20 Å². The highest BCUT2D eigenvalue weighted by Crippen LogP contribution is 2.25. The SMILES string of the molecule is S=C1c2n[nH]nc2CC2=CNC=NC12. The summed E-state index contributed by atoms with van der Waals surface area (Å²) in [4.78, 5) is 5.04. The normalized spacial score (nSPS) is 23.6. The Kier molecular flexibility index (Phi) is 1.51. The number of nitrogens with zero attached hydrogens (tertiary/aromatic N) is 3. The van der Waals surface area contributed by atoms with Crippen molar-refractivity contribution in [3.8, 4) is 0 Å². The Morgan fingerprint density at radius 3 is 3.29 bits per heavy atom. The topological polar surface area (TPSA) is 66.0 Å². The van der Waals surface area contributed by atoms with Gasteiger partial charge in [0.15, 0.2) is 0 Å². The first-order chi connectivity index (χ1) is 6.86. The summed E-state index contributed by atoms with van der Waals surface area (Å²) < 4.78 is 0. The Morgan fingerprint density at radius 1 is 1.43 bits per heavy atom. The number of H-pyrrole nitrogens is 1. The lowest BCUT2D eigenvalue weighted by Gasteiger charge is -2.23. The molecule has 3 rings (SSSR count). The molecule has 1 unspecified atom stereocenters. The van der Waals surface area contributed by atoms with Crippen LogP contribution in [-0.2, 0) is 6.42 Å². The monoisotopic (exact) mass is 205 g/mol. The maximum Gasteiger partial charge on any atom is 0.125 e. The average Bonchev–Trinajstić information content (AvgIpc) is 2.66. The van der Waals surface area contributed by atoms with E-state index in [4.69, 9.17) is 12.2 Å². The second kappa shape index (κ2) is 2.71. The molecule has 5 nitrogen and oxygen atoms in total. The van der Waals surface area contributed by atoms with Crippen molar-refractivity contribution in [3.63, 3.8) is 0 Å². The van der Waals surface area contributed by atoms with Crippen LogP contribution in [0.3, 0.4) is 0 Å². The number of hydrogen-bond acceptors (Lipinski definition) is 5. The minimum Gasteiger partial charge on any atom is -0.353 e. The molecule has 70 valence electrons. The van der Waals surface area contributed by atoms with Gasteiger partial charge in [0.1, 0.15) is 11.7 Å². The van der Waals surface area contributed by atoms with Gasteiger partial charge in [-0.05, 0) is 5.57 Å². The van der Waals surface area contributed by atoms with Gasteiger partial charge in [-0.3, -0.25) is 4.99 Å². The van der Waals surface area contributed by atoms with Crippen molar-refractivity contribution in [2.75, 3.05) is 0 Å². The van der Waals surface area contributed by atoms with E-state index in [-0.39, 0.29) is 6.04 Å². The Morgan fingerprint density at radius 2 is 2.36 bits per heavy atom. The first-order valence-electron chi connectivity index (χ1n) is 4.27. The number of aliphatic imine (C=N–C) groups is 1. The van der Waals surface area contributed by atoms with Gasteiger partial charge in [0.25, 0.3) is 0 Å². The molecule has 0 spiro atoms. The van der Waals surface area contributed by atoms with E-state index in [0.717, 1.165) is 28.2 Å². The molecule has 2 heterocycles. The van der Waals surface area contributed by atoms with Gasteiger partial charge >= 0.3 is 0 Å². The molecule has 0 saturated carbocycles. The lowest BCUT2D eigenvalue weighted by molar-refractivity contribution is 0.858. The summed E-state index contributed by atoms with van der Waals surface area (Å²) in [7, 11) is 0. The summed E-state index contributed by atoms with van der Waals surface area (Å²) >= 11 is 5.31. The van der Waals surface area contributed by atoms with E-state index < -0.39 is 0 Å². The molecular weight excluding hydrogens is 198 g/mol. The van der Waals surface area contributed by atoms with Crippen molar-refractivity contribution in [2.24, 2.45) is 4.99 Å². The van der Waals surface area contributed by atoms with Crippen molar-refractivity contribution in [3.05, 3.63) is 23.2 Å². The van der Waals surface area contributed by atoms with Crippen LogP contribution < -0.4 is 5.32 Å². The van der Waals surface area contributed by atoms with Crippen LogP contribution in [0.1, 0.15) is 11.4 Å². The number of nitrogens with one attached hydrogen (secondary N) is 2. The summed E-state index contributed by atoms with van der Waals surface area (Å²) in [6, 6.07) is -0.0242. The first-order valence-corrected chi connectivity index (χ1v) is 4.67. The van der Waals surface area contributed by atoms with Crippen LogP contribution in [0.2, 0.25) is 0 Å². The molecule has 1 aromatic heterocycles. The van der Waals surface area contributed by atoms with E-state index >= 15 is 0 Å². The second-order valence-electron chi connectivity index (χ2n) is 3.23. The largest absolute Gasteiger partial charge is 0.353 e. The molecule has 1 aliphatic heterocycles. The molecule has 0 saturated heterocycles. The van der Waals surface area contributed by atoms with Crippen LogP contribution in [0.4, 0.5) is 0 Å². The lowest BCUT2D eigenvalue weighted by atomic mass is 9.91. The van der Waals surface area contributed by atoms with E-state index in [1.165, 1.54) is 0 Å². The average molecular weight is 205 g/mol. The predicted octanol–water partition coefficient (Wildman–Crippen LogP) is -0.0372. The minimum atomic E-state index is -0.0242. The molecule has 1 atom stereocenters. The van der Waals surface area contributed by atoms with Gasteiger partial charge in [-0.25, -0.2) is 0 Å². The van der Waals surface area contributed by atoms with E-state index in [2.05, 4.69) is 25.7 Å². The molecule has 2 aliphatic rings. The Balaban J connectivity index is 2.14. The minimum absolute atomic E-state index is 0.0242. The predicted molar refractivity (Wildman–Crippen MR) is 55.3 cm³/mol. The fraction of sp³-hybridized carbons (Fsp3) is 0.250. The molecule has 1 aromatic rings. The summed E-state index contributed by atoms with van der Waals surface area (Å²) in [5.74, 6) is 0. The zero-order valence-corrected chi connectivity index (χ0v) is 8.01. The highest BCUT2D eigenvalue weighted by Gasteiger charge is 2.31.